The molecule has 0 fully saturated rings. The van der Waals surface area contributed by atoms with Crippen molar-refractivity contribution in [3.05, 3.63) is 44.9 Å². The van der Waals surface area contributed by atoms with Gasteiger partial charge in [-0.15, -0.1) is 0 Å². The summed E-state index contributed by atoms with van der Waals surface area (Å²) in [4.78, 5) is 4.38. The lowest BCUT2D eigenvalue weighted by Gasteiger charge is -2.16. The van der Waals surface area contributed by atoms with E-state index in [4.69, 9.17) is 17.4 Å². The van der Waals surface area contributed by atoms with Crippen LogP contribution in [0.3, 0.4) is 0 Å². The third-order valence-electron chi connectivity index (χ3n) is 3.16. The maximum atomic E-state index is 6.33. The molecular weight excluding hydrogens is 342 g/mol. The lowest BCUT2D eigenvalue weighted by Crippen LogP contribution is -2.31. The first-order valence-electron chi connectivity index (χ1n) is 6.36. The molecule has 0 aromatic carbocycles. The van der Waals surface area contributed by atoms with E-state index in [1.54, 1.807) is 6.20 Å². The van der Waals surface area contributed by atoms with Gasteiger partial charge < -0.3 is 0 Å². The molecule has 3 N–H and O–H groups in total. The highest BCUT2D eigenvalue weighted by Gasteiger charge is 2.19. The molecule has 0 spiro atoms. The predicted molar refractivity (Wildman–Crippen MR) is 83.4 cm³/mol. The van der Waals surface area contributed by atoms with E-state index < -0.39 is 0 Å². The Balaban J connectivity index is 2.28. The van der Waals surface area contributed by atoms with Crippen molar-refractivity contribution < 1.29 is 0 Å². The number of nitrogens with one attached hydrogen (secondary N) is 1. The van der Waals surface area contributed by atoms with Crippen LogP contribution < -0.4 is 11.3 Å². The van der Waals surface area contributed by atoms with E-state index in [2.05, 4.69) is 31.4 Å². The summed E-state index contributed by atoms with van der Waals surface area (Å²) in [6.45, 7) is 4.71. The molecule has 0 saturated carbocycles. The van der Waals surface area contributed by atoms with Gasteiger partial charge in [0.2, 0.25) is 0 Å². The second kappa shape index (κ2) is 6.67. The largest absolute Gasteiger partial charge is 0.271 e. The number of hydrogen-bond donors (Lipinski definition) is 2. The summed E-state index contributed by atoms with van der Waals surface area (Å²) in [6.07, 6.45) is 2.39. The first-order valence-corrected chi connectivity index (χ1v) is 7.53. The number of pyridine rings is 1. The average molecular weight is 359 g/mol. The first kappa shape index (κ1) is 15.4. The van der Waals surface area contributed by atoms with Gasteiger partial charge in [-0.3, -0.25) is 20.9 Å². The quantitative estimate of drug-likeness (QED) is 0.637. The van der Waals surface area contributed by atoms with Crippen LogP contribution in [0.25, 0.3) is 0 Å². The average Bonchev–Trinajstić information content (AvgIpc) is 2.73. The van der Waals surface area contributed by atoms with E-state index >= 15 is 0 Å². The molecule has 0 aliphatic heterocycles. The van der Waals surface area contributed by atoms with Gasteiger partial charge in [-0.1, -0.05) is 11.6 Å². The number of hydrogen-bond acceptors (Lipinski definition) is 4. The van der Waals surface area contributed by atoms with Crippen molar-refractivity contribution in [3.8, 4) is 0 Å². The molecule has 0 saturated heterocycles. The Morgan fingerprint density at radius 1 is 1.50 bits per heavy atom. The molecule has 1 atom stereocenters. The van der Waals surface area contributed by atoms with E-state index in [1.165, 1.54) is 0 Å². The van der Waals surface area contributed by atoms with E-state index in [1.807, 2.05) is 30.7 Å². The lowest BCUT2D eigenvalue weighted by atomic mass is 10.1. The zero-order valence-corrected chi connectivity index (χ0v) is 13.7. The van der Waals surface area contributed by atoms with E-state index in [-0.39, 0.29) is 6.04 Å². The van der Waals surface area contributed by atoms with Crippen molar-refractivity contribution in [1.82, 2.24) is 20.2 Å². The normalized spacial score (nSPS) is 12.7. The second-order valence-electron chi connectivity index (χ2n) is 4.49. The third kappa shape index (κ3) is 3.20. The number of nitrogens with two attached hydrogens (primary N) is 1. The fraction of sp³-hybridized carbons (Fsp3) is 0.385. The Kier molecular flexibility index (Phi) is 5.15. The Morgan fingerprint density at radius 2 is 2.25 bits per heavy atom. The number of halogens is 2. The summed E-state index contributed by atoms with van der Waals surface area (Å²) in [6, 6.07) is 3.76. The highest BCUT2D eigenvalue weighted by atomic mass is 79.9. The molecule has 2 aromatic heterocycles. The van der Waals surface area contributed by atoms with Crippen molar-refractivity contribution in [2.24, 2.45) is 5.84 Å². The third-order valence-corrected chi connectivity index (χ3v) is 4.12. The van der Waals surface area contributed by atoms with Crippen LogP contribution in [0.4, 0.5) is 0 Å². The molecule has 108 valence electrons. The second-order valence-corrected chi connectivity index (χ2v) is 5.78. The smallest absolute Gasteiger partial charge is 0.0847 e. The van der Waals surface area contributed by atoms with Crippen molar-refractivity contribution in [2.75, 3.05) is 0 Å². The van der Waals surface area contributed by atoms with E-state index in [9.17, 15) is 0 Å². The molecule has 5 nitrogen and oxygen atoms in total. The van der Waals surface area contributed by atoms with Crippen LogP contribution in [-0.4, -0.2) is 14.8 Å². The minimum absolute atomic E-state index is 0.109. The van der Waals surface area contributed by atoms with E-state index in [0.29, 0.717) is 11.4 Å². The van der Waals surface area contributed by atoms with Crippen LogP contribution in [0.15, 0.2) is 22.8 Å². The monoisotopic (exact) mass is 357 g/mol. The summed E-state index contributed by atoms with van der Waals surface area (Å²) in [5.41, 5.74) is 5.47. The van der Waals surface area contributed by atoms with Gasteiger partial charge >= 0.3 is 0 Å². The zero-order chi connectivity index (χ0) is 14.7. The number of aromatic nitrogens is 3. The lowest BCUT2D eigenvalue weighted by molar-refractivity contribution is 0.507. The Labute approximate surface area is 131 Å². The fourth-order valence-corrected chi connectivity index (χ4v) is 2.55. The molecular formula is C13H17BrClN5. The summed E-state index contributed by atoms with van der Waals surface area (Å²) >= 11 is 9.70. The van der Waals surface area contributed by atoms with Gasteiger partial charge in [-0.25, -0.2) is 0 Å². The van der Waals surface area contributed by atoms with E-state index in [0.717, 1.165) is 28.1 Å². The Hall–Kier alpha value is -0.950. The van der Waals surface area contributed by atoms with Gasteiger partial charge in [-0.05, 0) is 41.9 Å². The Morgan fingerprint density at radius 3 is 2.80 bits per heavy atom. The van der Waals surface area contributed by atoms with Gasteiger partial charge in [0.25, 0.3) is 0 Å². The minimum atomic E-state index is -0.109. The standard InChI is InChI=1S/C13H17BrClN5/c1-3-20-12(13(15)8(2)19-20)6-11(18-16)10-5-4-9(14)7-17-10/h4-5,7,11,18H,3,6,16H2,1-2H3. The van der Waals surface area contributed by atoms with Crippen LogP contribution in [0.5, 0.6) is 0 Å². The number of hydrazine groups is 1. The molecule has 2 aromatic rings. The summed E-state index contributed by atoms with van der Waals surface area (Å²) in [7, 11) is 0. The van der Waals surface area contributed by atoms with Crippen molar-refractivity contribution in [2.45, 2.75) is 32.9 Å². The van der Waals surface area contributed by atoms with Crippen molar-refractivity contribution >= 4 is 27.5 Å². The molecule has 0 bridgehead atoms. The zero-order valence-electron chi connectivity index (χ0n) is 11.4. The number of nitrogens with zero attached hydrogens (tertiary/aromatic N) is 3. The van der Waals surface area contributed by atoms with Gasteiger partial charge in [-0.2, -0.15) is 5.10 Å². The van der Waals surface area contributed by atoms with Crippen LogP contribution in [-0.2, 0) is 13.0 Å². The minimum Gasteiger partial charge on any atom is -0.271 e. The highest BCUT2D eigenvalue weighted by Crippen LogP contribution is 2.25. The van der Waals surface area contributed by atoms with Crippen molar-refractivity contribution in [3.63, 3.8) is 0 Å². The maximum Gasteiger partial charge on any atom is 0.0847 e. The number of aryl methyl sites for hydroxylation is 2. The molecule has 20 heavy (non-hydrogen) atoms. The molecule has 1 unspecified atom stereocenters. The molecule has 0 radical (unpaired) electrons. The molecule has 0 aliphatic carbocycles. The topological polar surface area (TPSA) is 68.8 Å². The van der Waals surface area contributed by atoms with Crippen molar-refractivity contribution in [1.29, 1.82) is 0 Å². The SMILES string of the molecule is CCn1nc(C)c(Cl)c1CC(NN)c1ccc(Br)cn1. The van der Waals surface area contributed by atoms with Gasteiger partial charge in [0.1, 0.15) is 0 Å². The van der Waals surface area contributed by atoms with Crippen LogP contribution >= 0.6 is 27.5 Å². The highest BCUT2D eigenvalue weighted by molar-refractivity contribution is 9.10. The van der Waals surface area contributed by atoms with Gasteiger partial charge in [0.15, 0.2) is 0 Å². The van der Waals surface area contributed by atoms with Crippen LogP contribution in [0, 0.1) is 6.92 Å². The molecule has 2 rings (SSSR count). The molecule has 0 aliphatic rings. The van der Waals surface area contributed by atoms with Gasteiger partial charge in [0.05, 0.1) is 28.1 Å². The molecule has 0 amide bonds. The predicted octanol–water partition coefficient (Wildman–Crippen LogP) is 2.77. The Bertz CT molecular complexity index is 581. The van der Waals surface area contributed by atoms with Crippen LogP contribution in [0.1, 0.15) is 30.0 Å². The maximum absolute atomic E-state index is 6.33. The molecule has 2 heterocycles. The number of rotatable bonds is 5. The summed E-state index contributed by atoms with van der Waals surface area (Å²) < 4.78 is 2.84. The summed E-state index contributed by atoms with van der Waals surface area (Å²) in [5, 5.41) is 5.11. The van der Waals surface area contributed by atoms with Gasteiger partial charge in [0, 0.05) is 23.6 Å². The fourth-order valence-electron chi connectivity index (χ4n) is 2.10. The molecule has 7 heteroatoms. The summed E-state index contributed by atoms with van der Waals surface area (Å²) in [5.74, 6) is 5.66. The van der Waals surface area contributed by atoms with Crippen LogP contribution in [0.2, 0.25) is 5.02 Å². The first-order chi connectivity index (χ1) is 9.56.